The number of nitrogens with one attached hydrogen (secondary N) is 2. The Labute approximate surface area is 288 Å². The van der Waals surface area contributed by atoms with Crippen molar-refractivity contribution in [3.63, 3.8) is 0 Å². The minimum atomic E-state index is -0.240. The number of para-hydroxylation sites is 4. The first kappa shape index (κ1) is 27.6. The molecule has 0 saturated heterocycles. The van der Waals surface area contributed by atoms with Crippen LogP contribution in [0.25, 0.3) is 71.0 Å². The Kier molecular flexibility index (Phi) is 5.86. The van der Waals surface area contributed by atoms with Gasteiger partial charge in [0.2, 0.25) is 5.88 Å². The van der Waals surface area contributed by atoms with Crippen LogP contribution in [-0.2, 0) is 6.42 Å². The molecule has 0 fully saturated rings. The average molecular weight is 645 g/mol. The summed E-state index contributed by atoms with van der Waals surface area (Å²) in [7, 11) is 0. The number of furan rings is 1. The molecule has 0 spiro atoms. The van der Waals surface area contributed by atoms with Crippen LogP contribution in [0.5, 0.6) is 0 Å². The van der Waals surface area contributed by atoms with Crippen LogP contribution in [0.15, 0.2) is 162 Å². The molecule has 7 aromatic carbocycles. The third-order valence-electron chi connectivity index (χ3n) is 10.6. The van der Waals surface area contributed by atoms with E-state index in [-0.39, 0.29) is 12.3 Å². The van der Waals surface area contributed by atoms with E-state index < -0.39 is 0 Å². The molecular formula is C45H32N4O. The van der Waals surface area contributed by atoms with Crippen LogP contribution in [0, 0.1) is 0 Å². The highest BCUT2D eigenvalue weighted by Gasteiger charge is 2.33. The zero-order chi connectivity index (χ0) is 32.8. The van der Waals surface area contributed by atoms with E-state index in [1.54, 1.807) is 0 Å². The smallest absolute Gasteiger partial charge is 0.201 e. The fourth-order valence-corrected chi connectivity index (χ4v) is 8.46. The third kappa shape index (κ3) is 4.04. The Morgan fingerprint density at radius 2 is 1.18 bits per heavy atom. The van der Waals surface area contributed by atoms with Crippen LogP contribution in [0.4, 0.5) is 5.88 Å². The number of anilines is 1. The molecule has 2 atom stereocenters. The van der Waals surface area contributed by atoms with Gasteiger partial charge in [-0.25, -0.2) is 0 Å². The van der Waals surface area contributed by atoms with Crippen LogP contribution >= 0.6 is 0 Å². The second kappa shape index (κ2) is 10.6. The van der Waals surface area contributed by atoms with Crippen molar-refractivity contribution < 1.29 is 4.42 Å². The maximum Gasteiger partial charge on any atom is 0.201 e. The van der Waals surface area contributed by atoms with E-state index in [2.05, 4.69) is 171 Å². The van der Waals surface area contributed by atoms with E-state index in [9.17, 15) is 0 Å². The minimum absolute atomic E-state index is 0.0106. The molecule has 0 aliphatic carbocycles. The highest BCUT2D eigenvalue weighted by Crippen LogP contribution is 2.43. The van der Waals surface area contributed by atoms with Gasteiger partial charge in [0.05, 0.1) is 22.1 Å². The summed E-state index contributed by atoms with van der Waals surface area (Å²) in [5.41, 5.74) is 9.28. The monoisotopic (exact) mass is 644 g/mol. The molecule has 0 radical (unpaired) electrons. The Morgan fingerprint density at radius 1 is 0.520 bits per heavy atom. The first-order valence-electron chi connectivity index (χ1n) is 17.3. The summed E-state index contributed by atoms with van der Waals surface area (Å²) in [6.45, 7) is 0. The molecule has 0 bridgehead atoms. The molecule has 238 valence electrons. The average Bonchev–Trinajstić information content (AvgIpc) is 3.81. The zero-order valence-corrected chi connectivity index (χ0v) is 27.2. The lowest BCUT2D eigenvalue weighted by molar-refractivity contribution is 0.370. The fraction of sp³-hybridized carbons (Fsp3) is 0.0667. The quantitative estimate of drug-likeness (QED) is 0.200. The van der Waals surface area contributed by atoms with Crippen molar-refractivity contribution in [3.8, 4) is 5.69 Å². The molecule has 1 aliphatic rings. The lowest BCUT2D eigenvalue weighted by atomic mass is 9.95. The van der Waals surface area contributed by atoms with Crippen LogP contribution < -0.4 is 10.6 Å². The third-order valence-corrected chi connectivity index (χ3v) is 10.6. The van der Waals surface area contributed by atoms with E-state index >= 15 is 0 Å². The molecule has 2 unspecified atom stereocenters. The van der Waals surface area contributed by atoms with E-state index in [4.69, 9.17) is 4.42 Å². The number of hydrogen-bond donors (Lipinski definition) is 2. The Balaban J connectivity index is 1.09. The second-order valence-corrected chi connectivity index (χ2v) is 13.5. The molecule has 1 aliphatic heterocycles. The van der Waals surface area contributed by atoms with Gasteiger partial charge in [-0.2, -0.15) is 0 Å². The largest absolute Gasteiger partial charge is 0.440 e. The van der Waals surface area contributed by atoms with Crippen LogP contribution in [0.1, 0.15) is 23.5 Å². The van der Waals surface area contributed by atoms with Crippen molar-refractivity contribution in [2.45, 2.75) is 18.8 Å². The maximum atomic E-state index is 6.60. The SMILES string of the molecule is c1ccc(-n2c3ccccc3c3ccc(CC4NC(n5c6ccccc6c6cc7ccccc7cc65)Nc5oc6ccccc6c54)cc32)cc1. The lowest BCUT2D eigenvalue weighted by Crippen LogP contribution is -2.40. The van der Waals surface area contributed by atoms with Crippen molar-refractivity contribution in [3.05, 3.63) is 169 Å². The number of fused-ring (bicyclic) bond motifs is 10. The van der Waals surface area contributed by atoms with Gasteiger partial charge in [0.25, 0.3) is 0 Å². The van der Waals surface area contributed by atoms with Crippen molar-refractivity contribution in [1.82, 2.24) is 14.5 Å². The molecule has 0 amide bonds. The standard InChI is InChI=1S/C45H32N4O/c1-2-14-31(15-3-1)48-38-19-9-6-16-32(38)34-23-22-28(25-40(34)48)24-37-43-35-18-8-11-21-42(35)50-44(43)47-45(46-37)49-39-20-10-7-17-33(39)36-26-29-12-4-5-13-30(29)27-41(36)49/h1-23,25-27,37,45-47H,24H2. The molecule has 0 saturated carbocycles. The summed E-state index contributed by atoms with van der Waals surface area (Å²) in [5, 5.41) is 16.5. The lowest BCUT2D eigenvalue weighted by Gasteiger charge is -2.34. The van der Waals surface area contributed by atoms with Gasteiger partial charge in [0.15, 0.2) is 6.29 Å². The van der Waals surface area contributed by atoms with E-state index in [1.807, 2.05) is 6.07 Å². The van der Waals surface area contributed by atoms with E-state index in [1.165, 1.54) is 65.5 Å². The topological polar surface area (TPSA) is 47.1 Å². The normalized spacial score (nSPS) is 16.2. The summed E-state index contributed by atoms with van der Waals surface area (Å²) in [6.07, 6.45) is 0.553. The van der Waals surface area contributed by atoms with Crippen molar-refractivity contribution >= 4 is 71.2 Å². The summed E-state index contributed by atoms with van der Waals surface area (Å²) in [5.74, 6) is 0.825. The predicted octanol–water partition coefficient (Wildman–Crippen LogP) is 11.2. The summed E-state index contributed by atoms with van der Waals surface area (Å²) in [4.78, 5) is 0. The first-order valence-corrected chi connectivity index (χ1v) is 17.3. The minimum Gasteiger partial charge on any atom is -0.440 e. The summed E-state index contributed by atoms with van der Waals surface area (Å²) < 4.78 is 11.4. The molecule has 4 heterocycles. The second-order valence-electron chi connectivity index (χ2n) is 13.5. The summed E-state index contributed by atoms with van der Waals surface area (Å²) >= 11 is 0. The first-order chi connectivity index (χ1) is 24.8. The number of aromatic nitrogens is 2. The van der Waals surface area contributed by atoms with Gasteiger partial charge in [0.1, 0.15) is 5.58 Å². The molecule has 5 nitrogen and oxygen atoms in total. The van der Waals surface area contributed by atoms with Gasteiger partial charge in [-0.3, -0.25) is 5.32 Å². The van der Waals surface area contributed by atoms with Crippen molar-refractivity contribution in [1.29, 1.82) is 0 Å². The van der Waals surface area contributed by atoms with Gasteiger partial charge in [-0.15, -0.1) is 0 Å². The zero-order valence-electron chi connectivity index (χ0n) is 27.2. The van der Waals surface area contributed by atoms with Gasteiger partial charge >= 0.3 is 0 Å². The molecule has 5 heteroatoms. The number of nitrogens with zero attached hydrogens (tertiary/aromatic N) is 2. The number of benzene rings is 7. The highest BCUT2D eigenvalue weighted by atomic mass is 16.4. The van der Waals surface area contributed by atoms with E-state index in [0.29, 0.717) is 0 Å². The van der Waals surface area contributed by atoms with Crippen molar-refractivity contribution in [2.24, 2.45) is 0 Å². The molecular weight excluding hydrogens is 613 g/mol. The van der Waals surface area contributed by atoms with Crippen LogP contribution in [0.3, 0.4) is 0 Å². The molecule has 50 heavy (non-hydrogen) atoms. The molecule has 10 aromatic rings. The Morgan fingerprint density at radius 3 is 2.02 bits per heavy atom. The molecule has 11 rings (SSSR count). The van der Waals surface area contributed by atoms with Crippen LogP contribution in [0.2, 0.25) is 0 Å². The Bertz CT molecular complexity index is 2930. The Hall–Kier alpha value is -6.30. The number of hydrogen-bond acceptors (Lipinski definition) is 3. The highest BCUT2D eigenvalue weighted by molar-refractivity contribution is 6.13. The van der Waals surface area contributed by atoms with Crippen LogP contribution in [-0.4, -0.2) is 9.13 Å². The van der Waals surface area contributed by atoms with Gasteiger partial charge in [-0.1, -0.05) is 109 Å². The molecule has 3 aromatic heterocycles. The van der Waals surface area contributed by atoms with Gasteiger partial charge in [0, 0.05) is 44.2 Å². The number of rotatable bonds is 4. The molecule has 2 N–H and O–H groups in total. The van der Waals surface area contributed by atoms with Gasteiger partial charge in [-0.05, 0) is 71.3 Å². The van der Waals surface area contributed by atoms with Gasteiger partial charge < -0.3 is 18.9 Å². The fourth-order valence-electron chi connectivity index (χ4n) is 8.46. The predicted molar refractivity (Wildman–Crippen MR) is 206 cm³/mol. The van der Waals surface area contributed by atoms with E-state index in [0.717, 1.165) is 29.0 Å². The summed E-state index contributed by atoms with van der Waals surface area (Å²) in [6, 6.07) is 56.8. The maximum absolute atomic E-state index is 6.60. The van der Waals surface area contributed by atoms with Crippen molar-refractivity contribution in [2.75, 3.05) is 5.32 Å².